The first-order valence-electron chi connectivity index (χ1n) is 15.9. The molecule has 2 nitrogen and oxygen atoms in total. The number of alkyl halides is 5. The maximum atomic E-state index is 15.2. The molecular formula is C37H32F10O2. The van der Waals surface area contributed by atoms with Crippen LogP contribution in [0.15, 0.2) is 66.7 Å². The first-order chi connectivity index (χ1) is 23.1. The van der Waals surface area contributed by atoms with E-state index in [4.69, 9.17) is 0 Å². The lowest BCUT2D eigenvalue weighted by Gasteiger charge is -2.29. The molecule has 0 amide bonds. The summed E-state index contributed by atoms with van der Waals surface area (Å²) >= 11 is 0. The van der Waals surface area contributed by atoms with Gasteiger partial charge in [0, 0.05) is 17.7 Å². The number of unbranched alkanes of at least 4 members (excludes halogenated alkanes) is 2. The molecule has 1 saturated carbocycles. The van der Waals surface area contributed by atoms with Crippen molar-refractivity contribution >= 4 is 0 Å². The van der Waals surface area contributed by atoms with Crippen LogP contribution in [0.5, 0.6) is 11.5 Å². The van der Waals surface area contributed by atoms with E-state index in [0.717, 1.165) is 61.9 Å². The Hall–Kier alpha value is -4.22. The SMILES string of the molecule is CCCCCC1CCC(c2ccc(-c3cc(F)c(C(F)(F)Oc4cc(F)c(-c5ccc(OC(F)(F)F)cc5)c(F)c4)c(F)c3)c(F)c2)CC1. The lowest BCUT2D eigenvalue weighted by Crippen LogP contribution is -2.25. The van der Waals surface area contributed by atoms with E-state index in [1.165, 1.54) is 31.4 Å². The van der Waals surface area contributed by atoms with E-state index >= 15 is 22.0 Å². The fraction of sp³-hybridized carbons (Fsp3) is 0.351. The number of hydrogen-bond acceptors (Lipinski definition) is 2. The van der Waals surface area contributed by atoms with Crippen LogP contribution in [0.25, 0.3) is 22.3 Å². The van der Waals surface area contributed by atoms with Gasteiger partial charge in [-0.05, 0) is 84.5 Å². The van der Waals surface area contributed by atoms with Gasteiger partial charge in [0.15, 0.2) is 0 Å². The minimum Gasteiger partial charge on any atom is -0.429 e. The van der Waals surface area contributed by atoms with Crippen molar-refractivity contribution in [3.05, 3.63) is 107 Å². The second-order valence-electron chi connectivity index (χ2n) is 12.2. The van der Waals surface area contributed by atoms with E-state index in [9.17, 15) is 22.0 Å². The van der Waals surface area contributed by atoms with Crippen molar-refractivity contribution in [3.63, 3.8) is 0 Å². The Morgan fingerprint density at radius 3 is 1.78 bits per heavy atom. The summed E-state index contributed by atoms with van der Waals surface area (Å²) in [6.07, 6.45) is -1.20. The van der Waals surface area contributed by atoms with Gasteiger partial charge in [-0.2, -0.15) is 8.78 Å². The van der Waals surface area contributed by atoms with Gasteiger partial charge in [-0.15, -0.1) is 13.2 Å². The van der Waals surface area contributed by atoms with Crippen molar-refractivity contribution in [1.29, 1.82) is 0 Å². The van der Waals surface area contributed by atoms with Gasteiger partial charge in [-0.25, -0.2) is 22.0 Å². The van der Waals surface area contributed by atoms with Crippen LogP contribution in [-0.2, 0) is 6.11 Å². The third kappa shape index (κ3) is 8.69. The van der Waals surface area contributed by atoms with Crippen LogP contribution in [0.2, 0.25) is 0 Å². The molecule has 4 aromatic rings. The van der Waals surface area contributed by atoms with Gasteiger partial charge in [-0.1, -0.05) is 56.9 Å². The second kappa shape index (κ2) is 14.7. The van der Waals surface area contributed by atoms with E-state index in [-0.39, 0.29) is 22.6 Å². The Balaban J connectivity index is 1.31. The molecule has 1 fully saturated rings. The Bertz CT molecular complexity index is 1710. The molecule has 5 rings (SSSR count). The number of ether oxygens (including phenoxy) is 2. The number of halogens is 10. The highest BCUT2D eigenvalue weighted by Crippen LogP contribution is 2.41. The minimum absolute atomic E-state index is 0.139. The fourth-order valence-electron chi connectivity index (χ4n) is 6.40. The molecule has 0 heterocycles. The quantitative estimate of drug-likeness (QED) is 0.115. The molecule has 12 heteroatoms. The van der Waals surface area contributed by atoms with Crippen LogP contribution in [-0.4, -0.2) is 6.36 Å². The third-order valence-electron chi connectivity index (χ3n) is 8.81. The summed E-state index contributed by atoms with van der Waals surface area (Å²) in [5.74, 6) is -8.28. The molecule has 1 aliphatic rings. The predicted octanol–water partition coefficient (Wildman–Crippen LogP) is 12.6. The molecule has 49 heavy (non-hydrogen) atoms. The van der Waals surface area contributed by atoms with Crippen molar-refractivity contribution in [1.82, 2.24) is 0 Å². The molecule has 0 N–H and O–H groups in total. The molecule has 0 radical (unpaired) electrons. The van der Waals surface area contributed by atoms with E-state index in [0.29, 0.717) is 30.2 Å². The highest BCUT2D eigenvalue weighted by atomic mass is 19.4. The number of benzene rings is 4. The number of rotatable bonds is 11. The summed E-state index contributed by atoms with van der Waals surface area (Å²) in [4.78, 5) is 0. The van der Waals surface area contributed by atoms with Crippen molar-refractivity contribution in [2.24, 2.45) is 5.92 Å². The molecular weight excluding hydrogens is 666 g/mol. The van der Waals surface area contributed by atoms with Crippen molar-refractivity contribution in [2.45, 2.75) is 76.7 Å². The first kappa shape index (κ1) is 36.1. The lowest BCUT2D eigenvalue weighted by atomic mass is 9.77. The smallest absolute Gasteiger partial charge is 0.429 e. The van der Waals surface area contributed by atoms with Crippen molar-refractivity contribution in [3.8, 4) is 33.8 Å². The average molecular weight is 699 g/mol. The van der Waals surface area contributed by atoms with Gasteiger partial charge in [0.25, 0.3) is 0 Å². The summed E-state index contributed by atoms with van der Waals surface area (Å²) < 4.78 is 150. The van der Waals surface area contributed by atoms with Crippen molar-refractivity contribution in [2.75, 3.05) is 0 Å². The Morgan fingerprint density at radius 1 is 0.612 bits per heavy atom. The molecule has 262 valence electrons. The number of hydrogen-bond donors (Lipinski definition) is 0. The van der Waals surface area contributed by atoms with Crippen LogP contribution in [0.3, 0.4) is 0 Å². The van der Waals surface area contributed by atoms with Gasteiger partial charge < -0.3 is 9.47 Å². The molecule has 0 saturated heterocycles. The summed E-state index contributed by atoms with van der Waals surface area (Å²) in [7, 11) is 0. The lowest BCUT2D eigenvalue weighted by molar-refractivity contribution is -0.274. The Kier molecular flexibility index (Phi) is 10.8. The standard InChI is InChI=1S/C37H32F10O2/c1-2-3-4-5-21-6-8-22(9-7-21)24-12-15-28(29(38)16-24)25-17-32(41)35(33(42)18-25)36(43,44)48-27-19-30(39)34(31(40)20-27)23-10-13-26(14-11-23)49-37(45,46)47/h10-22H,2-9H2,1H3. The predicted molar refractivity (Wildman–Crippen MR) is 164 cm³/mol. The molecule has 0 spiro atoms. The largest absolute Gasteiger partial charge is 0.573 e. The Labute approximate surface area is 276 Å². The maximum Gasteiger partial charge on any atom is 0.573 e. The van der Waals surface area contributed by atoms with Crippen LogP contribution in [0.1, 0.15) is 75.3 Å². The molecule has 0 unspecified atom stereocenters. The van der Waals surface area contributed by atoms with Crippen molar-refractivity contribution < 1.29 is 53.4 Å². The third-order valence-corrected chi connectivity index (χ3v) is 8.81. The van der Waals surface area contributed by atoms with Gasteiger partial charge in [-0.3, -0.25) is 0 Å². The van der Waals surface area contributed by atoms with Crippen LogP contribution in [0, 0.1) is 35.0 Å². The topological polar surface area (TPSA) is 18.5 Å². The normalized spacial score (nSPS) is 16.9. The average Bonchev–Trinajstić information content (AvgIpc) is 3.00. The van der Waals surface area contributed by atoms with E-state index in [1.54, 1.807) is 6.07 Å². The molecule has 0 aliphatic heterocycles. The second-order valence-corrected chi connectivity index (χ2v) is 12.2. The van der Waals surface area contributed by atoms with E-state index in [1.807, 2.05) is 0 Å². The summed E-state index contributed by atoms with van der Waals surface area (Å²) in [6, 6.07) is 9.39. The maximum absolute atomic E-state index is 15.2. The summed E-state index contributed by atoms with van der Waals surface area (Å²) in [6.45, 7) is 2.16. The molecule has 0 atom stereocenters. The molecule has 1 aliphatic carbocycles. The molecule has 0 bridgehead atoms. The molecule has 4 aromatic carbocycles. The van der Waals surface area contributed by atoms with Crippen LogP contribution < -0.4 is 9.47 Å². The van der Waals surface area contributed by atoms with E-state index < -0.39 is 64.2 Å². The minimum atomic E-state index is -5.00. The monoisotopic (exact) mass is 698 g/mol. The van der Waals surface area contributed by atoms with Gasteiger partial charge in [0.1, 0.15) is 46.1 Å². The van der Waals surface area contributed by atoms with Crippen LogP contribution in [0.4, 0.5) is 43.9 Å². The Morgan fingerprint density at radius 2 is 1.22 bits per heavy atom. The fourth-order valence-corrected chi connectivity index (χ4v) is 6.40. The van der Waals surface area contributed by atoms with Gasteiger partial charge in [0.2, 0.25) is 0 Å². The molecule has 0 aromatic heterocycles. The van der Waals surface area contributed by atoms with E-state index in [2.05, 4.69) is 16.4 Å². The highest BCUT2D eigenvalue weighted by molar-refractivity contribution is 5.67. The van der Waals surface area contributed by atoms with Gasteiger partial charge in [0.05, 0.1) is 5.56 Å². The summed E-state index contributed by atoms with van der Waals surface area (Å²) in [5.41, 5.74) is -2.72. The first-order valence-corrected chi connectivity index (χ1v) is 15.9. The summed E-state index contributed by atoms with van der Waals surface area (Å²) in [5, 5.41) is 0. The zero-order chi connectivity index (χ0) is 35.5. The zero-order valence-electron chi connectivity index (χ0n) is 26.3. The highest BCUT2D eigenvalue weighted by Gasteiger charge is 2.42. The van der Waals surface area contributed by atoms with Gasteiger partial charge >= 0.3 is 12.5 Å². The van der Waals surface area contributed by atoms with Crippen LogP contribution >= 0.6 is 0 Å². The zero-order valence-corrected chi connectivity index (χ0v) is 26.3.